The fourth-order valence-corrected chi connectivity index (χ4v) is 5.98. The average Bonchev–Trinajstić information content (AvgIpc) is 3.01. The molecular weight excluding hydrogens is 290 g/mol. The summed E-state index contributed by atoms with van der Waals surface area (Å²) in [6.07, 6.45) is 5.12. The van der Waals surface area contributed by atoms with E-state index in [9.17, 15) is 8.42 Å². The molecule has 2 saturated carbocycles. The monoisotopic (exact) mass is 305 g/mol. The van der Waals surface area contributed by atoms with Crippen LogP contribution in [0.25, 0.3) is 0 Å². The van der Waals surface area contributed by atoms with Gasteiger partial charge in [-0.2, -0.15) is 0 Å². The Morgan fingerprint density at radius 2 is 2.17 bits per heavy atom. The summed E-state index contributed by atoms with van der Waals surface area (Å²) in [5.41, 5.74) is 0. The van der Waals surface area contributed by atoms with Crippen LogP contribution in [0.4, 0.5) is 0 Å². The Kier molecular flexibility index (Phi) is 3.43. The predicted molar refractivity (Wildman–Crippen MR) is 73.5 cm³/mol. The van der Waals surface area contributed by atoms with E-state index in [1.165, 1.54) is 25.7 Å². The molecule has 1 heterocycles. The van der Waals surface area contributed by atoms with E-state index in [2.05, 4.69) is 4.72 Å². The average molecular weight is 306 g/mol. The van der Waals surface area contributed by atoms with Crippen molar-refractivity contribution in [2.75, 3.05) is 6.54 Å². The summed E-state index contributed by atoms with van der Waals surface area (Å²) in [7, 11) is -3.36. The second-order valence-corrected chi connectivity index (χ2v) is 9.05. The van der Waals surface area contributed by atoms with Crippen LogP contribution < -0.4 is 4.72 Å². The summed E-state index contributed by atoms with van der Waals surface area (Å²) in [6.45, 7) is 0.582. The normalized spacial score (nSPS) is 31.1. The lowest BCUT2D eigenvalue weighted by molar-refractivity contribution is 0.333. The maximum Gasteiger partial charge on any atom is 0.250 e. The first kappa shape index (κ1) is 12.9. The van der Waals surface area contributed by atoms with Gasteiger partial charge >= 0.3 is 0 Å². The lowest BCUT2D eigenvalue weighted by atomic mass is 9.89. The molecule has 2 aliphatic carbocycles. The van der Waals surface area contributed by atoms with Crippen molar-refractivity contribution < 1.29 is 8.42 Å². The van der Waals surface area contributed by atoms with Crippen LogP contribution in [-0.4, -0.2) is 15.0 Å². The van der Waals surface area contributed by atoms with Crippen LogP contribution in [0.2, 0.25) is 4.34 Å². The highest BCUT2D eigenvalue weighted by Gasteiger charge is 2.39. The molecule has 1 N–H and O–H groups in total. The lowest BCUT2D eigenvalue weighted by Gasteiger charge is -2.21. The van der Waals surface area contributed by atoms with Crippen molar-refractivity contribution in [2.24, 2.45) is 17.8 Å². The molecule has 0 aliphatic heterocycles. The number of rotatable bonds is 4. The summed E-state index contributed by atoms with van der Waals surface area (Å²) < 4.78 is 27.7. The minimum absolute atomic E-state index is 0.315. The van der Waals surface area contributed by atoms with Crippen LogP contribution in [0.3, 0.4) is 0 Å². The molecule has 0 spiro atoms. The molecule has 2 fully saturated rings. The first-order valence-electron chi connectivity index (χ1n) is 6.29. The molecule has 0 aromatic carbocycles. The van der Waals surface area contributed by atoms with Crippen LogP contribution in [0.1, 0.15) is 25.7 Å². The Bertz CT molecular complexity index is 540. The van der Waals surface area contributed by atoms with E-state index >= 15 is 0 Å². The topological polar surface area (TPSA) is 46.2 Å². The minimum atomic E-state index is -3.36. The van der Waals surface area contributed by atoms with Gasteiger partial charge in [0.2, 0.25) is 10.0 Å². The first-order valence-corrected chi connectivity index (χ1v) is 8.97. The van der Waals surface area contributed by atoms with Crippen molar-refractivity contribution in [1.82, 2.24) is 4.72 Å². The van der Waals surface area contributed by atoms with E-state index in [1.807, 2.05) is 0 Å². The third-order valence-corrected chi connectivity index (χ3v) is 7.38. The van der Waals surface area contributed by atoms with E-state index in [-0.39, 0.29) is 0 Å². The Labute approximate surface area is 117 Å². The second-order valence-electron chi connectivity index (χ2n) is 5.35. The minimum Gasteiger partial charge on any atom is -0.210 e. The maximum absolute atomic E-state index is 12.0. The summed E-state index contributed by atoms with van der Waals surface area (Å²) in [4.78, 5) is 0. The fraction of sp³-hybridized carbons (Fsp3) is 0.667. The van der Waals surface area contributed by atoms with E-state index in [1.54, 1.807) is 12.1 Å². The van der Waals surface area contributed by atoms with Crippen LogP contribution in [0.15, 0.2) is 16.3 Å². The van der Waals surface area contributed by atoms with Crippen LogP contribution in [0.5, 0.6) is 0 Å². The smallest absolute Gasteiger partial charge is 0.210 e. The molecule has 100 valence electrons. The lowest BCUT2D eigenvalue weighted by Crippen LogP contribution is -2.31. The molecular formula is C12H16ClNO2S2. The third-order valence-electron chi connectivity index (χ3n) is 4.23. The molecule has 0 saturated heterocycles. The van der Waals surface area contributed by atoms with Crippen molar-refractivity contribution in [3.8, 4) is 0 Å². The van der Waals surface area contributed by atoms with Gasteiger partial charge in [0.15, 0.2) is 0 Å². The second kappa shape index (κ2) is 4.78. The van der Waals surface area contributed by atoms with Gasteiger partial charge in [0.05, 0.1) is 4.34 Å². The number of sulfonamides is 1. The molecule has 2 aliphatic rings. The zero-order valence-corrected chi connectivity index (χ0v) is 12.3. The van der Waals surface area contributed by atoms with Gasteiger partial charge in [-0.15, -0.1) is 11.3 Å². The van der Waals surface area contributed by atoms with Crippen LogP contribution in [-0.2, 0) is 10.0 Å². The largest absolute Gasteiger partial charge is 0.250 e. The molecule has 3 atom stereocenters. The Hall–Kier alpha value is -0.100. The number of nitrogens with one attached hydrogen (secondary N) is 1. The standard InChI is InChI=1S/C12H16ClNO2S2/c13-11-3-4-12(17-11)18(15,16)14-7-10-6-8-1-2-9(10)5-8/h3-4,8-10,14H,1-2,5-7H2/t8-,9+,10+/m0/s1. The summed E-state index contributed by atoms with van der Waals surface area (Å²) in [5.74, 6) is 2.12. The predicted octanol–water partition coefficient (Wildman–Crippen LogP) is 3.12. The van der Waals surface area contributed by atoms with Crippen molar-refractivity contribution in [1.29, 1.82) is 0 Å². The summed E-state index contributed by atoms with van der Waals surface area (Å²) in [5, 5.41) is 0. The molecule has 18 heavy (non-hydrogen) atoms. The van der Waals surface area contributed by atoms with Gasteiger partial charge in [-0.3, -0.25) is 0 Å². The first-order chi connectivity index (χ1) is 8.54. The van der Waals surface area contributed by atoms with Crippen molar-refractivity contribution in [3.05, 3.63) is 16.5 Å². The number of hydrogen-bond donors (Lipinski definition) is 1. The van der Waals surface area contributed by atoms with Crippen molar-refractivity contribution in [2.45, 2.75) is 29.9 Å². The van der Waals surface area contributed by atoms with E-state index in [0.717, 1.165) is 23.2 Å². The number of hydrogen-bond acceptors (Lipinski definition) is 3. The Morgan fingerprint density at radius 3 is 2.72 bits per heavy atom. The molecule has 3 nitrogen and oxygen atoms in total. The molecule has 6 heteroatoms. The number of fused-ring (bicyclic) bond motifs is 2. The van der Waals surface area contributed by atoms with Gasteiger partial charge in [0, 0.05) is 6.54 Å². The van der Waals surface area contributed by atoms with Crippen LogP contribution >= 0.6 is 22.9 Å². The third kappa shape index (κ3) is 2.46. The van der Waals surface area contributed by atoms with E-state index < -0.39 is 10.0 Å². The van der Waals surface area contributed by atoms with Gasteiger partial charge in [0.25, 0.3) is 0 Å². The molecule has 2 bridgehead atoms. The number of halogens is 1. The molecule has 0 unspecified atom stereocenters. The number of thiophene rings is 1. The molecule has 1 aromatic rings. The van der Waals surface area contributed by atoms with Gasteiger partial charge in [0.1, 0.15) is 4.21 Å². The molecule has 3 rings (SSSR count). The molecule has 0 amide bonds. The van der Waals surface area contributed by atoms with E-state index in [0.29, 0.717) is 21.0 Å². The van der Waals surface area contributed by atoms with Crippen molar-refractivity contribution >= 4 is 33.0 Å². The van der Waals surface area contributed by atoms with Crippen molar-refractivity contribution in [3.63, 3.8) is 0 Å². The highest BCUT2D eigenvalue weighted by atomic mass is 35.5. The van der Waals surface area contributed by atoms with E-state index in [4.69, 9.17) is 11.6 Å². The zero-order chi connectivity index (χ0) is 12.8. The van der Waals surface area contributed by atoms with Gasteiger partial charge in [-0.25, -0.2) is 13.1 Å². The quantitative estimate of drug-likeness (QED) is 0.929. The summed E-state index contributed by atoms with van der Waals surface area (Å²) >= 11 is 6.88. The fourth-order valence-electron chi connectivity index (χ4n) is 3.36. The highest BCUT2D eigenvalue weighted by molar-refractivity contribution is 7.91. The van der Waals surface area contributed by atoms with Gasteiger partial charge < -0.3 is 0 Å². The Morgan fingerprint density at radius 1 is 1.33 bits per heavy atom. The SMILES string of the molecule is O=S(=O)(NC[C@H]1C[C@H]2CC[C@@H]1C2)c1ccc(Cl)s1. The van der Waals surface area contributed by atoms with Gasteiger partial charge in [-0.05, 0) is 49.1 Å². The molecule has 1 aromatic heterocycles. The highest BCUT2D eigenvalue weighted by Crippen LogP contribution is 2.48. The van der Waals surface area contributed by atoms with Gasteiger partial charge in [-0.1, -0.05) is 18.0 Å². The maximum atomic E-state index is 12.0. The molecule has 0 radical (unpaired) electrons. The van der Waals surface area contributed by atoms with Crippen LogP contribution in [0, 0.1) is 17.8 Å². The Balaban J connectivity index is 1.63. The zero-order valence-electron chi connectivity index (χ0n) is 9.93. The summed E-state index contributed by atoms with van der Waals surface area (Å²) in [6, 6.07) is 3.19.